The van der Waals surface area contributed by atoms with Crippen molar-refractivity contribution in [3.63, 3.8) is 0 Å². The van der Waals surface area contributed by atoms with Gasteiger partial charge in [-0.1, -0.05) is 6.07 Å². The second-order valence-electron chi connectivity index (χ2n) is 5.47. The summed E-state index contributed by atoms with van der Waals surface area (Å²) in [6.45, 7) is 3.56. The van der Waals surface area contributed by atoms with Crippen molar-refractivity contribution in [2.45, 2.75) is 19.4 Å². The molecule has 120 valence electrons. The molecule has 0 aliphatic carbocycles. The van der Waals surface area contributed by atoms with Crippen LogP contribution in [0.4, 0.5) is 10.5 Å². The summed E-state index contributed by atoms with van der Waals surface area (Å²) in [6.07, 6.45) is 0. The zero-order valence-corrected chi connectivity index (χ0v) is 13.6. The number of urea groups is 1. The zero-order chi connectivity index (χ0) is 16.4. The minimum absolute atomic E-state index is 0.116. The van der Waals surface area contributed by atoms with Crippen molar-refractivity contribution >= 4 is 34.2 Å². The third kappa shape index (κ3) is 3.52. The van der Waals surface area contributed by atoms with Gasteiger partial charge in [-0.2, -0.15) is 0 Å². The van der Waals surface area contributed by atoms with E-state index in [0.29, 0.717) is 22.7 Å². The Hall–Kier alpha value is -2.38. The SMILES string of the molecule is Cc1nc2cc(NC(=O)NC[C@](C)(O)c3cccs3)ccc2o1. The van der Waals surface area contributed by atoms with E-state index in [0.717, 1.165) is 4.88 Å². The normalized spacial score (nSPS) is 13.7. The average Bonchev–Trinajstić information content (AvgIpc) is 3.13. The van der Waals surface area contributed by atoms with E-state index in [1.165, 1.54) is 11.3 Å². The van der Waals surface area contributed by atoms with Crippen LogP contribution in [0.15, 0.2) is 40.1 Å². The third-order valence-electron chi connectivity index (χ3n) is 3.40. The molecule has 7 heteroatoms. The highest BCUT2D eigenvalue weighted by molar-refractivity contribution is 7.10. The predicted octanol–water partition coefficient (Wildman–Crippen LogP) is 3.23. The van der Waals surface area contributed by atoms with E-state index < -0.39 is 5.60 Å². The van der Waals surface area contributed by atoms with Gasteiger partial charge in [0.2, 0.25) is 0 Å². The van der Waals surface area contributed by atoms with Crippen LogP contribution in [0.1, 0.15) is 17.7 Å². The summed E-state index contributed by atoms with van der Waals surface area (Å²) in [5, 5.41) is 17.7. The van der Waals surface area contributed by atoms with Crippen LogP contribution in [-0.4, -0.2) is 22.7 Å². The first kappa shape index (κ1) is 15.5. The van der Waals surface area contributed by atoms with Crippen LogP contribution in [0, 0.1) is 6.92 Å². The Labute approximate surface area is 137 Å². The van der Waals surface area contributed by atoms with Gasteiger partial charge in [-0.15, -0.1) is 11.3 Å². The maximum Gasteiger partial charge on any atom is 0.319 e. The first-order chi connectivity index (χ1) is 10.9. The Morgan fingerprint density at radius 1 is 1.43 bits per heavy atom. The van der Waals surface area contributed by atoms with Crippen LogP contribution in [-0.2, 0) is 5.60 Å². The number of benzene rings is 1. The largest absolute Gasteiger partial charge is 0.441 e. The van der Waals surface area contributed by atoms with E-state index in [2.05, 4.69) is 15.6 Å². The number of carbonyl (C=O) groups excluding carboxylic acids is 1. The zero-order valence-electron chi connectivity index (χ0n) is 12.8. The highest BCUT2D eigenvalue weighted by Crippen LogP contribution is 2.24. The molecule has 0 fully saturated rings. The molecule has 2 aromatic heterocycles. The van der Waals surface area contributed by atoms with Gasteiger partial charge >= 0.3 is 6.03 Å². The first-order valence-corrected chi connectivity index (χ1v) is 8.00. The molecule has 0 spiro atoms. The molecule has 0 unspecified atom stereocenters. The molecule has 23 heavy (non-hydrogen) atoms. The van der Waals surface area contributed by atoms with Gasteiger partial charge in [0, 0.05) is 17.5 Å². The van der Waals surface area contributed by atoms with E-state index in [-0.39, 0.29) is 12.6 Å². The van der Waals surface area contributed by atoms with E-state index >= 15 is 0 Å². The third-order valence-corrected chi connectivity index (χ3v) is 4.52. The van der Waals surface area contributed by atoms with Crippen LogP contribution in [0.2, 0.25) is 0 Å². The number of anilines is 1. The Bertz CT molecular complexity index is 824. The second-order valence-corrected chi connectivity index (χ2v) is 6.42. The fourth-order valence-electron chi connectivity index (χ4n) is 2.22. The molecular formula is C16H17N3O3S. The Kier molecular flexibility index (Phi) is 4.06. The van der Waals surface area contributed by atoms with Crippen LogP contribution in [0.3, 0.4) is 0 Å². The molecule has 2 amide bonds. The fourth-order valence-corrected chi connectivity index (χ4v) is 3.01. The lowest BCUT2D eigenvalue weighted by Gasteiger charge is -2.22. The Morgan fingerprint density at radius 3 is 3.00 bits per heavy atom. The summed E-state index contributed by atoms with van der Waals surface area (Å²) in [5.74, 6) is 0.577. The maximum atomic E-state index is 12.0. The van der Waals surface area contributed by atoms with Crippen molar-refractivity contribution in [1.82, 2.24) is 10.3 Å². The molecule has 2 heterocycles. The quantitative estimate of drug-likeness (QED) is 0.685. The van der Waals surface area contributed by atoms with Crippen molar-refractivity contribution in [2.75, 3.05) is 11.9 Å². The van der Waals surface area contributed by atoms with Crippen LogP contribution in [0.25, 0.3) is 11.1 Å². The van der Waals surface area contributed by atoms with Gasteiger partial charge in [0.15, 0.2) is 11.5 Å². The molecule has 3 N–H and O–H groups in total. The fraction of sp³-hybridized carbons (Fsp3) is 0.250. The summed E-state index contributed by atoms with van der Waals surface area (Å²) in [6, 6.07) is 8.55. The summed E-state index contributed by atoms with van der Waals surface area (Å²) in [5.41, 5.74) is 0.873. The average molecular weight is 331 g/mol. The van der Waals surface area contributed by atoms with E-state index in [1.54, 1.807) is 32.0 Å². The van der Waals surface area contributed by atoms with Gasteiger partial charge in [0.1, 0.15) is 11.1 Å². The van der Waals surface area contributed by atoms with Crippen LogP contribution >= 0.6 is 11.3 Å². The highest BCUT2D eigenvalue weighted by Gasteiger charge is 2.24. The lowest BCUT2D eigenvalue weighted by Crippen LogP contribution is -2.40. The number of aryl methyl sites for hydroxylation is 1. The van der Waals surface area contributed by atoms with Crippen LogP contribution in [0.5, 0.6) is 0 Å². The molecule has 6 nitrogen and oxygen atoms in total. The predicted molar refractivity (Wildman–Crippen MR) is 89.7 cm³/mol. The second kappa shape index (κ2) is 6.02. The summed E-state index contributed by atoms with van der Waals surface area (Å²) in [4.78, 5) is 17.0. The number of aliphatic hydroxyl groups is 1. The van der Waals surface area contributed by atoms with Crippen LogP contribution < -0.4 is 10.6 Å². The number of rotatable bonds is 4. The number of aromatic nitrogens is 1. The minimum Gasteiger partial charge on any atom is -0.441 e. The summed E-state index contributed by atoms with van der Waals surface area (Å²) in [7, 11) is 0. The minimum atomic E-state index is -1.10. The van der Waals surface area contributed by atoms with Crippen molar-refractivity contribution < 1.29 is 14.3 Å². The number of amides is 2. The Morgan fingerprint density at radius 2 is 2.26 bits per heavy atom. The summed E-state index contributed by atoms with van der Waals surface area (Å²) < 4.78 is 5.39. The number of thiophene rings is 1. The van der Waals surface area contributed by atoms with Crippen molar-refractivity contribution in [1.29, 1.82) is 0 Å². The van der Waals surface area contributed by atoms with Crippen molar-refractivity contribution in [2.24, 2.45) is 0 Å². The summed E-state index contributed by atoms with van der Waals surface area (Å²) >= 11 is 1.45. The number of oxazole rings is 1. The van der Waals surface area contributed by atoms with Gasteiger partial charge in [0.25, 0.3) is 0 Å². The van der Waals surface area contributed by atoms with E-state index in [9.17, 15) is 9.90 Å². The van der Waals surface area contributed by atoms with Gasteiger partial charge in [-0.25, -0.2) is 9.78 Å². The molecular weight excluding hydrogens is 314 g/mol. The van der Waals surface area contributed by atoms with E-state index in [1.807, 2.05) is 17.5 Å². The molecule has 1 aromatic carbocycles. The lowest BCUT2D eigenvalue weighted by molar-refractivity contribution is 0.0637. The molecule has 0 bridgehead atoms. The van der Waals surface area contributed by atoms with Gasteiger partial charge < -0.3 is 20.2 Å². The molecule has 3 aromatic rings. The smallest absolute Gasteiger partial charge is 0.319 e. The van der Waals surface area contributed by atoms with Crippen molar-refractivity contribution in [3.8, 4) is 0 Å². The number of carbonyl (C=O) groups is 1. The van der Waals surface area contributed by atoms with Gasteiger partial charge in [-0.05, 0) is 36.6 Å². The molecule has 0 aliphatic rings. The number of nitrogens with zero attached hydrogens (tertiary/aromatic N) is 1. The number of nitrogens with one attached hydrogen (secondary N) is 2. The number of fused-ring (bicyclic) bond motifs is 1. The standard InChI is InChI=1S/C16H17N3O3S/c1-10-18-12-8-11(5-6-13(12)22-10)19-15(20)17-9-16(2,21)14-4-3-7-23-14/h3-8,21H,9H2,1-2H3,(H2,17,19,20)/t16-/m0/s1. The first-order valence-electron chi connectivity index (χ1n) is 7.12. The Balaban J connectivity index is 1.62. The molecule has 1 atom stereocenters. The molecule has 3 rings (SSSR count). The van der Waals surface area contributed by atoms with Crippen molar-refractivity contribution in [3.05, 3.63) is 46.5 Å². The highest BCUT2D eigenvalue weighted by atomic mass is 32.1. The van der Waals surface area contributed by atoms with Gasteiger partial charge in [-0.3, -0.25) is 0 Å². The maximum absolute atomic E-state index is 12.0. The molecule has 0 aliphatic heterocycles. The number of hydrogen-bond acceptors (Lipinski definition) is 5. The molecule has 0 saturated heterocycles. The lowest BCUT2D eigenvalue weighted by atomic mass is 10.1. The number of hydrogen-bond donors (Lipinski definition) is 3. The molecule has 0 radical (unpaired) electrons. The monoisotopic (exact) mass is 331 g/mol. The molecule has 0 saturated carbocycles. The van der Waals surface area contributed by atoms with Gasteiger partial charge in [0.05, 0.1) is 6.54 Å². The topological polar surface area (TPSA) is 87.4 Å². The van der Waals surface area contributed by atoms with E-state index in [4.69, 9.17) is 4.42 Å².